The summed E-state index contributed by atoms with van der Waals surface area (Å²) in [6.45, 7) is -0.673. The first-order chi connectivity index (χ1) is 16.4. The van der Waals surface area contributed by atoms with Crippen LogP contribution in [0.25, 0.3) is 11.1 Å². The molecule has 3 aromatic rings. The molecular weight excluding hydrogens is 504 g/mol. The van der Waals surface area contributed by atoms with Crippen LogP contribution in [-0.2, 0) is 9.53 Å². The van der Waals surface area contributed by atoms with Crippen molar-refractivity contribution in [2.75, 3.05) is 18.5 Å². The minimum absolute atomic E-state index is 0.0245. The van der Waals surface area contributed by atoms with Gasteiger partial charge in [-0.1, -0.05) is 64.5 Å². The van der Waals surface area contributed by atoms with Gasteiger partial charge in [-0.15, -0.1) is 0 Å². The topological polar surface area (TPSA) is 125 Å². The van der Waals surface area contributed by atoms with Gasteiger partial charge in [-0.05, 0) is 40.5 Å². The third-order valence-corrected chi connectivity index (χ3v) is 6.09. The van der Waals surface area contributed by atoms with E-state index in [1.165, 1.54) is 12.1 Å². The number of hydrogen-bond donors (Lipinski definition) is 4. The fraction of sp³-hybridized carbons (Fsp3) is 0.160. The van der Waals surface area contributed by atoms with Gasteiger partial charge in [0.25, 0.3) is 5.91 Å². The van der Waals surface area contributed by atoms with Crippen LogP contribution in [0.15, 0.2) is 71.2 Å². The number of carbonyl (C=O) groups excluding carboxylic acids is 2. The normalized spacial score (nSPS) is 12.9. The molecule has 4 N–H and O–H groups in total. The summed E-state index contributed by atoms with van der Waals surface area (Å²) < 4.78 is 6.12. The predicted molar refractivity (Wildman–Crippen MR) is 129 cm³/mol. The molecule has 1 unspecified atom stereocenters. The van der Waals surface area contributed by atoms with Crippen molar-refractivity contribution < 1.29 is 29.3 Å². The Labute approximate surface area is 203 Å². The van der Waals surface area contributed by atoms with Crippen molar-refractivity contribution in [2.45, 2.75) is 12.0 Å². The molecule has 0 bridgehead atoms. The predicted octanol–water partition coefficient (Wildman–Crippen LogP) is 3.99. The fourth-order valence-corrected chi connectivity index (χ4v) is 4.34. The molecule has 4 rings (SSSR count). The van der Waals surface area contributed by atoms with E-state index in [9.17, 15) is 19.5 Å². The van der Waals surface area contributed by atoms with Crippen molar-refractivity contribution in [3.63, 3.8) is 0 Å². The average Bonchev–Trinajstić information content (AvgIpc) is 3.14. The van der Waals surface area contributed by atoms with Gasteiger partial charge < -0.3 is 20.3 Å². The zero-order chi connectivity index (χ0) is 24.2. The van der Waals surface area contributed by atoms with Gasteiger partial charge in [0.2, 0.25) is 0 Å². The number of aliphatic hydroxyl groups excluding tert-OH is 1. The van der Waals surface area contributed by atoms with E-state index in [-0.39, 0.29) is 23.8 Å². The monoisotopic (exact) mass is 524 g/mol. The maximum Gasteiger partial charge on any atom is 0.411 e. The van der Waals surface area contributed by atoms with Crippen LogP contribution >= 0.6 is 15.9 Å². The molecule has 2 amide bonds. The number of rotatable bonds is 7. The van der Waals surface area contributed by atoms with Crippen LogP contribution in [-0.4, -0.2) is 47.4 Å². The van der Waals surface area contributed by atoms with Crippen LogP contribution in [0.2, 0.25) is 0 Å². The lowest BCUT2D eigenvalue weighted by molar-refractivity contribution is -0.140. The second kappa shape index (κ2) is 10.1. The Morgan fingerprint density at radius 2 is 1.59 bits per heavy atom. The van der Waals surface area contributed by atoms with Gasteiger partial charge in [-0.3, -0.25) is 10.1 Å². The Morgan fingerprint density at radius 3 is 2.18 bits per heavy atom. The summed E-state index contributed by atoms with van der Waals surface area (Å²) in [4.78, 5) is 36.4. The first-order valence-corrected chi connectivity index (χ1v) is 11.2. The Balaban J connectivity index is 1.48. The molecule has 0 saturated carbocycles. The molecule has 3 aromatic carbocycles. The minimum Gasteiger partial charge on any atom is -0.480 e. The minimum atomic E-state index is -1.47. The van der Waals surface area contributed by atoms with Crippen LogP contribution in [0.5, 0.6) is 0 Å². The highest BCUT2D eigenvalue weighted by Crippen LogP contribution is 2.44. The third kappa shape index (κ3) is 4.80. The largest absolute Gasteiger partial charge is 0.480 e. The van der Waals surface area contributed by atoms with Gasteiger partial charge in [-0.2, -0.15) is 0 Å². The van der Waals surface area contributed by atoms with Crippen molar-refractivity contribution >= 4 is 39.6 Å². The van der Waals surface area contributed by atoms with Crippen molar-refractivity contribution in [2.24, 2.45) is 0 Å². The zero-order valence-corrected chi connectivity index (χ0v) is 19.4. The molecule has 174 valence electrons. The quantitative estimate of drug-likeness (QED) is 0.370. The Bertz CT molecular complexity index is 1220. The number of carboxylic acids is 1. The number of fused-ring (bicyclic) bond motifs is 3. The number of aliphatic carboxylic acids is 1. The van der Waals surface area contributed by atoms with E-state index in [0.29, 0.717) is 4.47 Å². The summed E-state index contributed by atoms with van der Waals surface area (Å²) in [6, 6.07) is 19.0. The molecule has 0 aromatic heterocycles. The molecule has 0 saturated heterocycles. The number of hydrogen-bond acceptors (Lipinski definition) is 5. The SMILES string of the molecule is O=C(Nc1cc(Br)ccc1C(=O)NC(CO)C(=O)O)OCC1c2ccccc2-c2ccccc21. The number of carbonyl (C=O) groups is 3. The lowest BCUT2D eigenvalue weighted by Gasteiger charge is -2.17. The van der Waals surface area contributed by atoms with Gasteiger partial charge in [0.15, 0.2) is 6.04 Å². The fourth-order valence-electron chi connectivity index (χ4n) is 3.98. The van der Waals surface area contributed by atoms with Crippen LogP contribution in [0.1, 0.15) is 27.4 Å². The molecule has 9 heteroatoms. The lowest BCUT2D eigenvalue weighted by Crippen LogP contribution is -2.43. The second-order valence-corrected chi connectivity index (χ2v) is 8.60. The van der Waals surface area contributed by atoms with E-state index >= 15 is 0 Å². The zero-order valence-electron chi connectivity index (χ0n) is 17.8. The average molecular weight is 525 g/mol. The first-order valence-electron chi connectivity index (χ1n) is 10.4. The van der Waals surface area contributed by atoms with Gasteiger partial charge in [0.1, 0.15) is 6.61 Å². The van der Waals surface area contributed by atoms with Crippen LogP contribution in [0, 0.1) is 0 Å². The third-order valence-electron chi connectivity index (χ3n) is 5.59. The Kier molecular flexibility index (Phi) is 6.95. The molecule has 0 heterocycles. The number of benzene rings is 3. The van der Waals surface area contributed by atoms with Gasteiger partial charge >= 0.3 is 12.1 Å². The summed E-state index contributed by atoms with van der Waals surface area (Å²) in [6.07, 6.45) is -0.758. The van der Waals surface area contributed by atoms with E-state index in [1.54, 1.807) is 6.07 Å². The van der Waals surface area contributed by atoms with Gasteiger partial charge in [0, 0.05) is 10.4 Å². The summed E-state index contributed by atoms with van der Waals surface area (Å²) in [7, 11) is 0. The van der Waals surface area contributed by atoms with Crippen LogP contribution < -0.4 is 10.6 Å². The lowest BCUT2D eigenvalue weighted by atomic mass is 9.98. The van der Waals surface area contributed by atoms with E-state index in [1.807, 2.05) is 48.5 Å². The van der Waals surface area contributed by atoms with Gasteiger partial charge in [-0.25, -0.2) is 9.59 Å². The maximum atomic E-state index is 12.7. The summed E-state index contributed by atoms with van der Waals surface area (Å²) in [5.41, 5.74) is 4.51. The highest BCUT2D eigenvalue weighted by Gasteiger charge is 2.29. The number of nitrogens with one attached hydrogen (secondary N) is 2. The molecule has 1 aliphatic carbocycles. The second-order valence-electron chi connectivity index (χ2n) is 7.69. The molecule has 8 nitrogen and oxygen atoms in total. The van der Waals surface area contributed by atoms with Crippen LogP contribution in [0.4, 0.5) is 10.5 Å². The molecule has 0 radical (unpaired) electrons. The standard InChI is InChI=1S/C25H21BrN2O6/c26-14-9-10-19(23(30)27-22(12-29)24(31)32)21(11-14)28-25(33)34-13-20-17-7-3-1-5-15(17)16-6-2-4-8-18(16)20/h1-11,20,22,29H,12-13H2,(H,27,30)(H,28,33)(H,31,32). The maximum absolute atomic E-state index is 12.7. The molecule has 34 heavy (non-hydrogen) atoms. The number of carboxylic acid groups (broad SMARTS) is 1. The number of amides is 2. The van der Waals surface area contributed by atoms with Crippen LogP contribution in [0.3, 0.4) is 0 Å². The molecule has 0 spiro atoms. The molecule has 1 atom stereocenters. The van der Waals surface area contributed by atoms with E-state index in [0.717, 1.165) is 22.3 Å². The highest BCUT2D eigenvalue weighted by molar-refractivity contribution is 9.10. The van der Waals surface area contributed by atoms with E-state index in [4.69, 9.17) is 9.84 Å². The van der Waals surface area contributed by atoms with Crippen molar-refractivity contribution in [1.82, 2.24) is 5.32 Å². The Hall–Kier alpha value is -3.69. The van der Waals surface area contributed by atoms with Gasteiger partial charge in [0.05, 0.1) is 17.9 Å². The smallest absolute Gasteiger partial charge is 0.411 e. The number of ether oxygens (including phenoxy) is 1. The molecule has 0 aliphatic heterocycles. The van der Waals surface area contributed by atoms with Crippen molar-refractivity contribution in [3.05, 3.63) is 87.9 Å². The van der Waals surface area contributed by atoms with Crippen molar-refractivity contribution in [1.29, 1.82) is 0 Å². The number of halogens is 1. The molecular formula is C25H21BrN2O6. The highest BCUT2D eigenvalue weighted by atomic mass is 79.9. The van der Waals surface area contributed by atoms with Crippen molar-refractivity contribution in [3.8, 4) is 11.1 Å². The van der Waals surface area contributed by atoms with E-state index in [2.05, 4.69) is 26.6 Å². The Morgan fingerprint density at radius 1 is 0.971 bits per heavy atom. The van der Waals surface area contributed by atoms with E-state index < -0.39 is 30.6 Å². The first kappa shape index (κ1) is 23.5. The summed E-state index contributed by atoms with van der Waals surface area (Å²) >= 11 is 3.29. The molecule has 0 fully saturated rings. The molecule has 1 aliphatic rings. The summed E-state index contributed by atoms with van der Waals surface area (Å²) in [5.74, 6) is -2.26. The summed E-state index contributed by atoms with van der Waals surface area (Å²) in [5, 5.41) is 23.0. The number of aliphatic hydroxyl groups is 1. The number of anilines is 1.